The van der Waals surface area contributed by atoms with Crippen molar-refractivity contribution >= 4 is 45.5 Å². The molecule has 8 bridgehead atoms. The Morgan fingerprint density at radius 2 is 1.92 bits per heavy atom. The first kappa shape index (κ1) is 41.5. The molecule has 14 heteroatoms. The van der Waals surface area contributed by atoms with Gasteiger partial charge in [0.2, 0.25) is 6.29 Å². The molecule has 1 saturated heterocycles. The molecule has 1 saturated carbocycles. The van der Waals surface area contributed by atoms with E-state index in [4.69, 9.17) is 23.7 Å². The second-order valence-electron chi connectivity index (χ2n) is 17.9. The van der Waals surface area contributed by atoms with Gasteiger partial charge >= 0.3 is 0 Å². The lowest BCUT2D eigenvalue weighted by atomic mass is 9.75. The summed E-state index contributed by atoms with van der Waals surface area (Å²) in [7, 11) is 3.39. The van der Waals surface area contributed by atoms with Gasteiger partial charge in [0.1, 0.15) is 41.7 Å². The zero-order valence-electron chi connectivity index (χ0n) is 35.9. The SMILES string of the molecule is CNCc1ccc2[nH]cc([C@H]3/C=C/c4c(OC)cc5c6c(c7c(O)c5c4O[C@H]4O[C@H](CO3)[C@@H](O)[C@H](OC#CCc3cccc5c3CN(CC7=O)C5=O)[C@]4(O)CO)[C@@H]3CCC[C@@H]3C=C6)c2c1. The predicted molar refractivity (Wildman–Crippen MR) is 239 cm³/mol. The van der Waals surface area contributed by atoms with Crippen molar-refractivity contribution in [3.05, 3.63) is 111 Å². The van der Waals surface area contributed by atoms with E-state index >= 15 is 4.79 Å². The highest BCUT2D eigenvalue weighted by Gasteiger charge is 2.59. The molecule has 1 amide bonds. The van der Waals surface area contributed by atoms with Crippen LogP contribution < -0.4 is 14.8 Å². The minimum atomic E-state index is -2.46. The summed E-state index contributed by atoms with van der Waals surface area (Å²) in [5, 5.41) is 53.4. The van der Waals surface area contributed by atoms with E-state index in [0.717, 1.165) is 52.4 Å². The number of aromatic nitrogens is 1. The summed E-state index contributed by atoms with van der Waals surface area (Å²) < 4.78 is 32.1. The summed E-state index contributed by atoms with van der Waals surface area (Å²) in [6.45, 7) is -0.746. The van der Waals surface area contributed by atoms with E-state index in [2.05, 4.69) is 34.5 Å². The number of allylic oxidation sites excluding steroid dienone is 1. The highest BCUT2D eigenvalue weighted by Crippen LogP contribution is 2.55. The van der Waals surface area contributed by atoms with Crippen LogP contribution in [0.25, 0.3) is 33.8 Å². The number of carbonyl (C=O) groups is 2. The maximum absolute atomic E-state index is 15.1. The van der Waals surface area contributed by atoms with Crippen LogP contribution >= 0.6 is 0 Å². The normalized spacial score (nSPS) is 28.3. The topological polar surface area (TPSA) is 192 Å². The summed E-state index contributed by atoms with van der Waals surface area (Å²) in [4.78, 5) is 34.0. The van der Waals surface area contributed by atoms with Crippen LogP contribution in [0.15, 0.2) is 60.8 Å². The van der Waals surface area contributed by atoms with Gasteiger partial charge in [-0.2, -0.15) is 0 Å². The number of benzene rings is 4. The molecule has 1 aromatic heterocycles. The number of ether oxygens (including phenoxy) is 5. The second kappa shape index (κ2) is 16.1. The van der Waals surface area contributed by atoms with Gasteiger partial charge in [0.25, 0.3) is 5.91 Å². The molecule has 5 aromatic rings. The fraction of sp³-hybridized carbons (Fsp3) is 0.373. The fourth-order valence-electron chi connectivity index (χ4n) is 11.0. The Labute approximate surface area is 374 Å². The number of aliphatic hydroxyl groups excluding tert-OH is 2. The number of aromatic amines is 1. The molecule has 14 nitrogen and oxygen atoms in total. The van der Waals surface area contributed by atoms with Gasteiger partial charge in [-0.15, -0.1) is 0 Å². The van der Waals surface area contributed by atoms with Crippen LogP contribution in [-0.2, 0) is 33.7 Å². The van der Waals surface area contributed by atoms with Gasteiger partial charge in [-0.1, -0.05) is 48.8 Å². The Hall–Kier alpha value is -6.18. The van der Waals surface area contributed by atoms with Crippen molar-refractivity contribution in [1.82, 2.24) is 15.2 Å². The predicted octanol–water partition coefficient (Wildman–Crippen LogP) is 5.38. The number of hydrogen-bond acceptors (Lipinski definition) is 12. The number of methoxy groups -OCH3 is 1. The number of carbonyl (C=O) groups excluding carboxylic acids is 2. The van der Waals surface area contributed by atoms with Crippen molar-refractivity contribution < 1.29 is 53.7 Å². The van der Waals surface area contributed by atoms with Gasteiger partial charge < -0.3 is 59.3 Å². The fourth-order valence-corrected chi connectivity index (χ4v) is 11.0. The van der Waals surface area contributed by atoms with E-state index in [-0.39, 0.29) is 66.3 Å². The van der Waals surface area contributed by atoms with E-state index in [1.165, 1.54) is 12.0 Å². The number of ketones is 1. The molecule has 11 rings (SSSR count). The number of aliphatic hydroxyl groups is 3. The van der Waals surface area contributed by atoms with Crippen molar-refractivity contribution in [3.63, 3.8) is 0 Å². The van der Waals surface area contributed by atoms with Crippen molar-refractivity contribution in [2.45, 2.75) is 81.0 Å². The van der Waals surface area contributed by atoms with Gasteiger partial charge in [-0.25, -0.2) is 0 Å². The van der Waals surface area contributed by atoms with Gasteiger partial charge in [0.05, 0.1) is 43.4 Å². The number of rotatable bonds is 5. The number of Topliss-reactive ketones (excluding diaryl/α,β-unsaturated/α-hetero) is 1. The number of aromatic hydroxyl groups is 1. The second-order valence-corrected chi connectivity index (χ2v) is 17.9. The van der Waals surface area contributed by atoms with Gasteiger partial charge in [-0.05, 0) is 89.9 Å². The number of nitrogens with one attached hydrogen (secondary N) is 2. The summed E-state index contributed by atoms with van der Waals surface area (Å²) in [5.41, 5.74) is 3.95. The van der Waals surface area contributed by atoms with Crippen LogP contribution in [0, 0.1) is 17.9 Å². The van der Waals surface area contributed by atoms with Gasteiger partial charge in [-0.3, -0.25) is 9.59 Å². The van der Waals surface area contributed by atoms with Crippen molar-refractivity contribution in [3.8, 4) is 29.3 Å². The molecule has 4 aromatic carbocycles. The number of amides is 1. The number of phenols is 1. The third kappa shape index (κ3) is 6.55. The highest BCUT2D eigenvalue weighted by molar-refractivity contribution is 6.14. The summed E-state index contributed by atoms with van der Waals surface area (Å²) in [5.74, 6) is 2.23. The molecule has 5 heterocycles. The smallest absolute Gasteiger partial charge is 0.254 e. The maximum atomic E-state index is 15.1. The number of hydrogen-bond donors (Lipinski definition) is 6. The molecule has 334 valence electrons. The average molecular weight is 880 g/mol. The van der Waals surface area contributed by atoms with E-state index in [1.807, 2.05) is 49.7 Å². The Balaban J connectivity index is 1.19. The Morgan fingerprint density at radius 3 is 2.75 bits per heavy atom. The lowest BCUT2D eigenvalue weighted by molar-refractivity contribution is -0.328. The molecule has 0 spiro atoms. The van der Waals surface area contributed by atoms with E-state index in [1.54, 1.807) is 18.2 Å². The molecule has 0 unspecified atom stereocenters. The first-order valence-corrected chi connectivity index (χ1v) is 22.2. The first-order chi connectivity index (χ1) is 31.6. The lowest BCUT2D eigenvalue weighted by Crippen LogP contribution is -2.70. The average Bonchev–Trinajstić information content (AvgIpc) is 4.04. The molecular weight excluding hydrogens is 831 g/mol. The van der Waals surface area contributed by atoms with Crippen LogP contribution in [-0.4, -0.2) is 106 Å². The number of phenolic OH excluding ortho intramolecular Hbond substituents is 1. The largest absolute Gasteiger partial charge is 0.506 e. The molecule has 0 radical (unpaired) electrons. The molecule has 4 aliphatic heterocycles. The quantitative estimate of drug-likeness (QED) is 0.124. The Bertz CT molecular complexity index is 2930. The lowest BCUT2D eigenvalue weighted by Gasteiger charge is -2.47. The highest BCUT2D eigenvalue weighted by atomic mass is 16.7. The monoisotopic (exact) mass is 879 g/mol. The third-order valence-corrected chi connectivity index (χ3v) is 14.3. The van der Waals surface area contributed by atoms with E-state index in [0.29, 0.717) is 39.9 Å². The Morgan fingerprint density at radius 1 is 1.06 bits per heavy atom. The minimum absolute atomic E-state index is 0.0324. The number of fused-ring (bicyclic) bond motifs is 10. The molecule has 8 atom stereocenters. The third-order valence-electron chi connectivity index (χ3n) is 14.3. The Kier molecular flexibility index (Phi) is 10.3. The minimum Gasteiger partial charge on any atom is -0.506 e. The van der Waals surface area contributed by atoms with E-state index in [9.17, 15) is 25.2 Å². The molecule has 6 aliphatic rings. The number of nitrogens with zero attached hydrogens (tertiary/aromatic N) is 1. The van der Waals surface area contributed by atoms with Crippen molar-refractivity contribution in [2.75, 3.05) is 33.9 Å². The van der Waals surface area contributed by atoms with Crippen molar-refractivity contribution in [1.29, 1.82) is 0 Å². The van der Waals surface area contributed by atoms with Crippen molar-refractivity contribution in [2.24, 2.45) is 5.92 Å². The van der Waals surface area contributed by atoms with Crippen LogP contribution in [0.2, 0.25) is 0 Å². The summed E-state index contributed by atoms with van der Waals surface area (Å²) in [6, 6.07) is 13.2. The zero-order valence-corrected chi connectivity index (χ0v) is 35.9. The molecule has 2 aliphatic carbocycles. The number of H-pyrrole nitrogens is 1. The van der Waals surface area contributed by atoms with E-state index < -0.39 is 48.7 Å². The summed E-state index contributed by atoms with van der Waals surface area (Å²) in [6.07, 6.45) is 8.02. The zero-order chi connectivity index (χ0) is 44.7. The molecule has 2 fully saturated rings. The maximum Gasteiger partial charge on any atom is 0.254 e. The first-order valence-electron chi connectivity index (χ1n) is 22.2. The van der Waals surface area contributed by atoms with Crippen LogP contribution in [0.4, 0.5) is 0 Å². The molecular formula is C51H49N3O11. The summed E-state index contributed by atoms with van der Waals surface area (Å²) >= 11 is 0. The van der Waals surface area contributed by atoms with Crippen LogP contribution in [0.3, 0.4) is 0 Å². The van der Waals surface area contributed by atoms with Gasteiger partial charge in [0.15, 0.2) is 17.5 Å². The molecule has 65 heavy (non-hydrogen) atoms. The standard InChI is InChI=1S/C51H49N3O11/c1-52-20-26-11-15-37-33(18-26)35(21-53-37)39-16-14-32-40(61-2)19-34-30-13-12-28-7-3-9-29(28)42(30)44-38(56)23-54-22-36-27(6-4-10-31(36)49(54)59)8-5-17-62-48-45(57)41(24-63-39)64-50(51(48,60)25-55)65-47(32)43(34)46(44)58/h4,6,10-16,18-19,21,28-29,39,41,45,48,50,52-53,55,57-58,60H,3,7-9,20,22-25H2,1-2H3/b16-14+/t28-,29-,39-,41-,45-,48+,50-,51-/m1/s1. The van der Waals surface area contributed by atoms with Crippen LogP contribution in [0.1, 0.15) is 90.9 Å². The molecule has 6 N–H and O–H groups in total. The van der Waals surface area contributed by atoms with Crippen LogP contribution in [0.5, 0.6) is 17.2 Å². The van der Waals surface area contributed by atoms with Gasteiger partial charge in [0, 0.05) is 53.1 Å².